The Hall–Kier alpha value is -2.06. The zero-order valence-electron chi connectivity index (χ0n) is 11.9. The number of anilines is 1. The van der Waals surface area contributed by atoms with E-state index in [1.54, 1.807) is 7.05 Å². The molecule has 0 aromatic heterocycles. The first-order valence-corrected chi connectivity index (χ1v) is 6.87. The molecule has 106 valence electrons. The molecule has 0 radical (unpaired) electrons. The van der Waals surface area contributed by atoms with Gasteiger partial charge in [-0.3, -0.25) is 4.79 Å². The molecule has 1 aromatic carbocycles. The molecular formula is C15H20N4O. The van der Waals surface area contributed by atoms with Gasteiger partial charge in [0.2, 0.25) is 5.91 Å². The molecule has 1 amide bonds. The van der Waals surface area contributed by atoms with Gasteiger partial charge < -0.3 is 15.5 Å². The van der Waals surface area contributed by atoms with E-state index < -0.39 is 0 Å². The van der Waals surface area contributed by atoms with Crippen LogP contribution in [-0.4, -0.2) is 32.6 Å². The molecule has 1 heterocycles. The molecule has 2 rings (SSSR count). The lowest BCUT2D eigenvalue weighted by Gasteiger charge is -2.26. The SMILES string of the molecule is CNCc1ccc(N2CCCC2C(=O)NC)c(C#N)c1. The fourth-order valence-corrected chi connectivity index (χ4v) is 2.73. The Balaban J connectivity index is 2.32. The summed E-state index contributed by atoms with van der Waals surface area (Å²) < 4.78 is 0. The maximum absolute atomic E-state index is 11.9. The topological polar surface area (TPSA) is 68.2 Å². The molecule has 1 aromatic rings. The number of carbonyl (C=O) groups is 1. The summed E-state index contributed by atoms with van der Waals surface area (Å²) in [5.74, 6) is 0.0192. The Labute approximate surface area is 119 Å². The first-order valence-electron chi connectivity index (χ1n) is 6.87. The Bertz CT molecular complexity index is 535. The van der Waals surface area contributed by atoms with Crippen molar-refractivity contribution in [2.45, 2.75) is 25.4 Å². The van der Waals surface area contributed by atoms with Gasteiger partial charge in [0.1, 0.15) is 12.1 Å². The Morgan fingerprint density at radius 3 is 2.95 bits per heavy atom. The minimum absolute atomic E-state index is 0.0192. The van der Waals surface area contributed by atoms with Crippen LogP contribution in [0.5, 0.6) is 0 Å². The summed E-state index contributed by atoms with van der Waals surface area (Å²) >= 11 is 0. The van der Waals surface area contributed by atoms with E-state index in [1.165, 1.54) is 0 Å². The summed E-state index contributed by atoms with van der Waals surface area (Å²) in [6, 6.07) is 7.93. The van der Waals surface area contributed by atoms with Gasteiger partial charge in [-0.05, 0) is 37.6 Å². The monoisotopic (exact) mass is 272 g/mol. The summed E-state index contributed by atoms with van der Waals surface area (Å²) in [5, 5.41) is 15.1. The zero-order chi connectivity index (χ0) is 14.5. The van der Waals surface area contributed by atoms with Crippen molar-refractivity contribution in [1.82, 2.24) is 10.6 Å². The molecule has 1 aliphatic rings. The van der Waals surface area contributed by atoms with Crippen molar-refractivity contribution < 1.29 is 4.79 Å². The van der Waals surface area contributed by atoms with Crippen molar-refractivity contribution >= 4 is 11.6 Å². The number of rotatable bonds is 4. The van der Waals surface area contributed by atoms with Crippen molar-refractivity contribution in [2.75, 3.05) is 25.5 Å². The average molecular weight is 272 g/mol. The van der Waals surface area contributed by atoms with Crippen LogP contribution in [0.2, 0.25) is 0 Å². The summed E-state index contributed by atoms with van der Waals surface area (Å²) in [6.45, 7) is 1.55. The van der Waals surface area contributed by atoms with E-state index in [4.69, 9.17) is 0 Å². The van der Waals surface area contributed by atoms with Gasteiger partial charge in [-0.15, -0.1) is 0 Å². The number of nitrogens with zero attached hydrogens (tertiary/aromatic N) is 2. The second-order valence-corrected chi connectivity index (χ2v) is 4.96. The van der Waals surface area contributed by atoms with Crippen molar-refractivity contribution in [1.29, 1.82) is 5.26 Å². The number of amides is 1. The third kappa shape index (κ3) is 2.75. The fraction of sp³-hybridized carbons (Fsp3) is 0.467. The molecule has 2 N–H and O–H groups in total. The first-order chi connectivity index (χ1) is 9.71. The summed E-state index contributed by atoms with van der Waals surface area (Å²) in [5.41, 5.74) is 2.57. The van der Waals surface area contributed by atoms with Crippen LogP contribution in [0.1, 0.15) is 24.0 Å². The van der Waals surface area contributed by atoms with Crippen LogP contribution in [0.3, 0.4) is 0 Å². The summed E-state index contributed by atoms with van der Waals surface area (Å²) in [7, 11) is 3.53. The molecule has 1 unspecified atom stereocenters. The molecule has 0 aliphatic carbocycles. The second-order valence-electron chi connectivity index (χ2n) is 4.96. The highest BCUT2D eigenvalue weighted by atomic mass is 16.2. The minimum Gasteiger partial charge on any atom is -0.358 e. The molecule has 5 heteroatoms. The van der Waals surface area contributed by atoms with Crippen LogP contribution < -0.4 is 15.5 Å². The molecule has 1 fully saturated rings. The van der Waals surface area contributed by atoms with E-state index in [-0.39, 0.29) is 11.9 Å². The first kappa shape index (κ1) is 14.4. The smallest absolute Gasteiger partial charge is 0.242 e. The summed E-state index contributed by atoms with van der Waals surface area (Å²) in [6.07, 6.45) is 1.81. The Kier molecular flexibility index (Phi) is 4.59. The van der Waals surface area contributed by atoms with Gasteiger partial charge in [-0.1, -0.05) is 6.07 Å². The van der Waals surface area contributed by atoms with Gasteiger partial charge in [-0.2, -0.15) is 5.26 Å². The van der Waals surface area contributed by atoms with Gasteiger partial charge in [-0.25, -0.2) is 0 Å². The van der Waals surface area contributed by atoms with Gasteiger partial charge >= 0.3 is 0 Å². The third-order valence-electron chi connectivity index (χ3n) is 3.67. The predicted molar refractivity (Wildman–Crippen MR) is 78.4 cm³/mol. The van der Waals surface area contributed by atoms with E-state index in [1.807, 2.05) is 30.1 Å². The number of nitriles is 1. The lowest BCUT2D eigenvalue weighted by atomic mass is 10.1. The quantitative estimate of drug-likeness (QED) is 0.858. The standard InChI is InChI=1S/C15H20N4O/c1-17-10-11-5-6-13(12(8-11)9-16)19-7-3-4-14(19)15(20)18-2/h5-6,8,14,17H,3-4,7,10H2,1-2H3,(H,18,20). The van der Waals surface area contributed by atoms with Crippen molar-refractivity contribution in [3.63, 3.8) is 0 Å². The van der Waals surface area contributed by atoms with Crippen molar-refractivity contribution in [3.8, 4) is 6.07 Å². The van der Waals surface area contributed by atoms with E-state index in [0.717, 1.165) is 37.2 Å². The van der Waals surface area contributed by atoms with E-state index in [2.05, 4.69) is 16.7 Å². The van der Waals surface area contributed by atoms with Gasteiger partial charge in [0.05, 0.1) is 11.3 Å². The normalized spacial score (nSPS) is 17.9. The van der Waals surface area contributed by atoms with Crippen LogP contribution in [0.25, 0.3) is 0 Å². The maximum atomic E-state index is 11.9. The fourth-order valence-electron chi connectivity index (χ4n) is 2.73. The molecule has 0 saturated carbocycles. The van der Waals surface area contributed by atoms with Crippen LogP contribution >= 0.6 is 0 Å². The highest BCUT2D eigenvalue weighted by Gasteiger charge is 2.31. The number of hydrogen-bond donors (Lipinski definition) is 2. The van der Waals surface area contributed by atoms with Crippen molar-refractivity contribution in [2.24, 2.45) is 0 Å². The van der Waals surface area contributed by atoms with Gasteiger partial charge in [0.15, 0.2) is 0 Å². The van der Waals surface area contributed by atoms with Gasteiger partial charge in [0, 0.05) is 20.1 Å². The molecule has 5 nitrogen and oxygen atoms in total. The Morgan fingerprint density at radius 2 is 2.30 bits per heavy atom. The van der Waals surface area contributed by atoms with Gasteiger partial charge in [0.25, 0.3) is 0 Å². The van der Waals surface area contributed by atoms with Crippen LogP contribution in [0.15, 0.2) is 18.2 Å². The minimum atomic E-state index is -0.165. The molecular weight excluding hydrogens is 252 g/mol. The van der Waals surface area contributed by atoms with E-state index in [0.29, 0.717) is 5.56 Å². The largest absolute Gasteiger partial charge is 0.358 e. The van der Waals surface area contributed by atoms with Crippen molar-refractivity contribution in [3.05, 3.63) is 29.3 Å². The molecule has 0 spiro atoms. The highest BCUT2D eigenvalue weighted by Crippen LogP contribution is 2.29. The number of carbonyl (C=O) groups excluding carboxylic acids is 1. The zero-order valence-corrected chi connectivity index (χ0v) is 11.9. The van der Waals surface area contributed by atoms with Crippen LogP contribution in [-0.2, 0) is 11.3 Å². The third-order valence-corrected chi connectivity index (χ3v) is 3.67. The lowest BCUT2D eigenvalue weighted by Crippen LogP contribution is -2.42. The summed E-state index contributed by atoms with van der Waals surface area (Å²) in [4.78, 5) is 14.0. The number of likely N-dealkylation sites (N-methyl/N-ethyl adjacent to an activating group) is 1. The molecule has 20 heavy (non-hydrogen) atoms. The average Bonchev–Trinajstić information content (AvgIpc) is 2.95. The van der Waals surface area contributed by atoms with Crippen LogP contribution in [0.4, 0.5) is 5.69 Å². The molecule has 1 atom stereocenters. The van der Waals surface area contributed by atoms with E-state index in [9.17, 15) is 10.1 Å². The molecule has 0 bridgehead atoms. The molecule has 1 aliphatic heterocycles. The highest BCUT2D eigenvalue weighted by molar-refractivity contribution is 5.86. The number of hydrogen-bond acceptors (Lipinski definition) is 4. The molecule has 1 saturated heterocycles. The lowest BCUT2D eigenvalue weighted by molar-refractivity contribution is -0.121. The maximum Gasteiger partial charge on any atom is 0.242 e. The number of benzene rings is 1. The van der Waals surface area contributed by atoms with E-state index >= 15 is 0 Å². The number of nitrogens with one attached hydrogen (secondary N) is 2. The Morgan fingerprint density at radius 1 is 1.50 bits per heavy atom. The second kappa shape index (κ2) is 6.40. The predicted octanol–water partition coefficient (Wildman–Crippen LogP) is 0.992. The van der Waals surface area contributed by atoms with Crippen LogP contribution in [0, 0.1) is 11.3 Å².